The fourth-order valence-electron chi connectivity index (χ4n) is 3.27. The molecule has 0 spiro atoms. The van der Waals surface area contributed by atoms with Crippen LogP contribution in [0.25, 0.3) is 21.5 Å². The summed E-state index contributed by atoms with van der Waals surface area (Å²) in [5, 5.41) is 5.49. The van der Waals surface area contributed by atoms with Crippen molar-refractivity contribution < 1.29 is 24.2 Å². The molecule has 0 N–H and O–H groups in total. The summed E-state index contributed by atoms with van der Waals surface area (Å²) in [4.78, 5) is 0. The summed E-state index contributed by atoms with van der Waals surface area (Å²) >= 11 is 1.55. The fourth-order valence-corrected chi connectivity index (χ4v) is 3.27. The van der Waals surface area contributed by atoms with Gasteiger partial charge < -0.3 is 0 Å². The Morgan fingerprint density at radius 2 is 1.27 bits per heavy atom. The van der Waals surface area contributed by atoms with Crippen molar-refractivity contribution in [2.24, 2.45) is 0 Å². The molecule has 0 nitrogen and oxygen atoms in total. The molecule has 1 heteroatoms. The first kappa shape index (κ1) is 24.8. The molecule has 3 aromatic carbocycles. The molecule has 0 aromatic heterocycles. The zero-order chi connectivity index (χ0) is 22.5. The Bertz CT molecular complexity index is 977. The van der Waals surface area contributed by atoms with E-state index in [1.54, 1.807) is 24.2 Å². The molecule has 1 aliphatic carbocycles. The van der Waals surface area contributed by atoms with Crippen LogP contribution < -0.4 is 0 Å². The van der Waals surface area contributed by atoms with Gasteiger partial charge in [-0.3, -0.25) is 6.08 Å². The SMILES string of the molecule is CC(C)(C)c1ccc2[cH-]c3ccc(C(C)(C)C)cc3c2c1.C[C](C)=[Zr+2].[C-]1=CC=CC1. The van der Waals surface area contributed by atoms with E-state index in [-0.39, 0.29) is 10.8 Å². The molecular formula is C29H36Zr. The second kappa shape index (κ2) is 10.2. The predicted molar refractivity (Wildman–Crippen MR) is 132 cm³/mol. The normalized spacial score (nSPS) is 13.1. The summed E-state index contributed by atoms with van der Waals surface area (Å²) in [6.45, 7) is 17.9. The maximum absolute atomic E-state index is 2.99. The van der Waals surface area contributed by atoms with E-state index >= 15 is 0 Å². The van der Waals surface area contributed by atoms with E-state index in [4.69, 9.17) is 0 Å². The molecule has 4 rings (SSSR count). The van der Waals surface area contributed by atoms with Gasteiger partial charge in [0.1, 0.15) is 0 Å². The average molecular weight is 476 g/mol. The van der Waals surface area contributed by atoms with Crippen LogP contribution >= 0.6 is 0 Å². The molecule has 1 aliphatic rings. The van der Waals surface area contributed by atoms with Gasteiger partial charge >= 0.3 is 41.3 Å². The molecule has 0 atom stereocenters. The summed E-state index contributed by atoms with van der Waals surface area (Å²) in [5.41, 5.74) is 3.20. The monoisotopic (exact) mass is 474 g/mol. The third kappa shape index (κ3) is 7.06. The van der Waals surface area contributed by atoms with Crippen molar-refractivity contribution in [3.8, 4) is 0 Å². The smallest absolute Gasteiger partial charge is 0.109 e. The number of rotatable bonds is 0. The molecule has 0 unspecified atom stereocenters. The second-order valence-corrected chi connectivity index (χ2v) is 12.7. The standard InChI is InChI=1S/C21H25.C5H5.C3H6.Zr/c1-20(2,3)16-9-7-14-11-15-8-10-17(21(4,5)6)13-19(15)18(14)12-16;1-2-4-5-3-1;1-3-2;/h7-13H,1-6H3;1-3H,4H2;1-2H3;/q2*-1;;+2. The third-order valence-electron chi connectivity index (χ3n) is 5.03. The minimum Gasteiger partial charge on any atom is -0.273 e. The number of benzene rings is 2. The first-order valence-corrected chi connectivity index (χ1v) is 12.0. The molecule has 0 heterocycles. The molecule has 0 bridgehead atoms. The van der Waals surface area contributed by atoms with Crippen molar-refractivity contribution in [2.75, 3.05) is 0 Å². The molecule has 0 amide bonds. The summed E-state index contributed by atoms with van der Waals surface area (Å²) in [6, 6.07) is 16.1. The van der Waals surface area contributed by atoms with Gasteiger partial charge in [-0.1, -0.05) is 76.9 Å². The molecule has 0 saturated heterocycles. The van der Waals surface area contributed by atoms with Crippen LogP contribution in [0.3, 0.4) is 0 Å². The topological polar surface area (TPSA) is 0 Å². The Kier molecular flexibility index (Phi) is 8.46. The van der Waals surface area contributed by atoms with Crippen LogP contribution in [-0.2, 0) is 35.1 Å². The number of fused-ring (bicyclic) bond motifs is 3. The number of allylic oxidation sites excluding steroid dienone is 4. The van der Waals surface area contributed by atoms with Crippen molar-refractivity contribution in [1.29, 1.82) is 0 Å². The minimum atomic E-state index is 0.194. The maximum Gasteiger partial charge on any atom is -0.109 e. The molecule has 30 heavy (non-hydrogen) atoms. The summed E-state index contributed by atoms with van der Waals surface area (Å²) in [7, 11) is 0. The molecule has 156 valence electrons. The maximum atomic E-state index is 2.99. The molecule has 0 aliphatic heterocycles. The Labute approximate surface area is 198 Å². The summed E-state index contributed by atoms with van der Waals surface area (Å²) < 4.78 is 1.51. The number of hydrogen-bond donors (Lipinski definition) is 0. The van der Waals surface area contributed by atoms with Gasteiger partial charge in [-0.25, -0.2) is 12.2 Å². The van der Waals surface area contributed by atoms with Gasteiger partial charge in [0.2, 0.25) is 0 Å². The van der Waals surface area contributed by atoms with Gasteiger partial charge in [0.25, 0.3) is 0 Å². The van der Waals surface area contributed by atoms with E-state index in [1.807, 2.05) is 12.2 Å². The van der Waals surface area contributed by atoms with E-state index < -0.39 is 0 Å². The summed E-state index contributed by atoms with van der Waals surface area (Å²) in [5.74, 6) is 0. The van der Waals surface area contributed by atoms with Crippen molar-refractivity contribution in [3.05, 3.63) is 77.9 Å². The van der Waals surface area contributed by atoms with Crippen LogP contribution in [-0.4, -0.2) is 3.21 Å². The minimum absolute atomic E-state index is 0.194. The van der Waals surface area contributed by atoms with Gasteiger partial charge in [-0.05, 0) is 10.8 Å². The van der Waals surface area contributed by atoms with Crippen LogP contribution in [0.15, 0.2) is 60.7 Å². The van der Waals surface area contributed by atoms with E-state index in [1.165, 1.54) is 35.9 Å². The Morgan fingerprint density at radius 1 is 0.833 bits per heavy atom. The average Bonchev–Trinajstić information content (AvgIpc) is 3.30. The van der Waals surface area contributed by atoms with E-state index in [0.717, 1.165) is 6.42 Å². The predicted octanol–water partition coefficient (Wildman–Crippen LogP) is 8.36. The van der Waals surface area contributed by atoms with Gasteiger partial charge in [0, 0.05) is 0 Å². The quantitative estimate of drug-likeness (QED) is 0.286. The van der Waals surface area contributed by atoms with Crippen molar-refractivity contribution >= 4 is 24.8 Å². The Morgan fingerprint density at radius 3 is 1.53 bits per heavy atom. The number of hydrogen-bond acceptors (Lipinski definition) is 0. The van der Waals surface area contributed by atoms with Gasteiger partial charge in [0.05, 0.1) is 0 Å². The molecule has 0 fully saturated rings. The molecule has 0 radical (unpaired) electrons. The van der Waals surface area contributed by atoms with Crippen molar-refractivity contribution in [2.45, 2.75) is 72.6 Å². The van der Waals surface area contributed by atoms with Crippen LogP contribution in [0.4, 0.5) is 0 Å². The van der Waals surface area contributed by atoms with Crippen LogP contribution in [0.5, 0.6) is 0 Å². The Hall–Kier alpha value is -1.46. The third-order valence-corrected chi connectivity index (χ3v) is 5.03. The largest absolute Gasteiger partial charge is 0.273 e. The van der Waals surface area contributed by atoms with E-state index in [2.05, 4.69) is 110 Å². The van der Waals surface area contributed by atoms with E-state index in [9.17, 15) is 0 Å². The van der Waals surface area contributed by atoms with Crippen molar-refractivity contribution in [1.82, 2.24) is 0 Å². The van der Waals surface area contributed by atoms with Gasteiger partial charge in [0.15, 0.2) is 0 Å². The Balaban J connectivity index is 0.000000297. The molecule has 3 aromatic rings. The molecule has 0 saturated carbocycles. The van der Waals surface area contributed by atoms with Gasteiger partial charge in [-0.15, -0.1) is 46.2 Å². The first-order valence-electron chi connectivity index (χ1n) is 10.8. The van der Waals surface area contributed by atoms with Crippen LogP contribution in [0.1, 0.15) is 72.9 Å². The first-order chi connectivity index (χ1) is 13.9. The molecular weight excluding hydrogens is 440 g/mol. The fraction of sp³-hybridized carbons (Fsp3) is 0.379. The van der Waals surface area contributed by atoms with E-state index in [0.29, 0.717) is 0 Å². The van der Waals surface area contributed by atoms with Crippen LogP contribution in [0, 0.1) is 6.08 Å². The van der Waals surface area contributed by atoms with Crippen LogP contribution in [0.2, 0.25) is 0 Å². The van der Waals surface area contributed by atoms with Crippen molar-refractivity contribution in [3.63, 3.8) is 0 Å². The second-order valence-electron chi connectivity index (χ2n) is 10.3. The zero-order valence-corrected chi connectivity index (χ0v) is 22.4. The van der Waals surface area contributed by atoms with Gasteiger partial charge in [-0.2, -0.15) is 6.08 Å². The zero-order valence-electron chi connectivity index (χ0n) is 20.0. The summed E-state index contributed by atoms with van der Waals surface area (Å²) in [6.07, 6.45) is 10.0.